The monoisotopic (exact) mass is 248 g/mol. The van der Waals surface area contributed by atoms with Gasteiger partial charge in [0.25, 0.3) is 0 Å². The zero-order chi connectivity index (χ0) is 13.3. The fraction of sp³-hybridized carbons (Fsp3) is 0.600. The molecule has 3 nitrogen and oxygen atoms in total. The maximum atomic E-state index is 6.06. The number of anilines is 1. The zero-order valence-corrected chi connectivity index (χ0v) is 11.9. The van der Waals surface area contributed by atoms with Crippen LogP contribution in [0.2, 0.25) is 0 Å². The van der Waals surface area contributed by atoms with Gasteiger partial charge < -0.3 is 15.4 Å². The third-order valence-corrected chi connectivity index (χ3v) is 3.33. The molecule has 1 aliphatic rings. The molecule has 1 aliphatic heterocycles. The number of fused-ring (bicyclic) bond motifs is 1. The standard InChI is InChI=1S/C15H24N2O/c1-11(2)17-10-15(3,4)18-14-6-5-12(7-8-16)9-13(14)17/h5-6,9,11H,7-8,10,16H2,1-4H3. The van der Waals surface area contributed by atoms with Crippen LogP contribution in [-0.4, -0.2) is 24.7 Å². The van der Waals surface area contributed by atoms with Gasteiger partial charge in [0.1, 0.15) is 11.4 Å². The second-order valence-electron chi connectivity index (χ2n) is 5.92. The van der Waals surface area contributed by atoms with E-state index in [4.69, 9.17) is 10.5 Å². The highest BCUT2D eigenvalue weighted by Crippen LogP contribution is 2.38. The Labute approximate surface area is 110 Å². The number of nitrogens with two attached hydrogens (primary N) is 1. The van der Waals surface area contributed by atoms with Crippen molar-refractivity contribution < 1.29 is 4.74 Å². The van der Waals surface area contributed by atoms with Crippen molar-refractivity contribution in [2.75, 3.05) is 18.0 Å². The third-order valence-electron chi connectivity index (χ3n) is 3.33. The van der Waals surface area contributed by atoms with Gasteiger partial charge >= 0.3 is 0 Å². The summed E-state index contributed by atoms with van der Waals surface area (Å²) >= 11 is 0. The van der Waals surface area contributed by atoms with Crippen LogP contribution in [0, 0.1) is 0 Å². The fourth-order valence-electron chi connectivity index (χ4n) is 2.48. The summed E-state index contributed by atoms with van der Waals surface area (Å²) in [6, 6.07) is 6.89. The Morgan fingerprint density at radius 1 is 1.39 bits per heavy atom. The van der Waals surface area contributed by atoms with E-state index >= 15 is 0 Å². The Morgan fingerprint density at radius 2 is 2.11 bits per heavy atom. The molecular weight excluding hydrogens is 224 g/mol. The lowest BCUT2D eigenvalue weighted by molar-refractivity contribution is 0.103. The minimum Gasteiger partial charge on any atom is -0.484 e. The molecule has 1 heterocycles. The van der Waals surface area contributed by atoms with Crippen LogP contribution in [0.5, 0.6) is 5.75 Å². The number of hydrogen-bond donors (Lipinski definition) is 1. The van der Waals surface area contributed by atoms with Gasteiger partial charge in [-0.3, -0.25) is 0 Å². The second-order valence-corrected chi connectivity index (χ2v) is 5.92. The normalized spacial score (nSPS) is 17.6. The van der Waals surface area contributed by atoms with Crippen LogP contribution < -0.4 is 15.4 Å². The van der Waals surface area contributed by atoms with Crippen molar-refractivity contribution in [3.05, 3.63) is 23.8 Å². The fourth-order valence-corrected chi connectivity index (χ4v) is 2.48. The lowest BCUT2D eigenvalue weighted by Gasteiger charge is -2.43. The highest BCUT2D eigenvalue weighted by atomic mass is 16.5. The van der Waals surface area contributed by atoms with E-state index in [0.29, 0.717) is 12.6 Å². The van der Waals surface area contributed by atoms with Crippen LogP contribution in [0.25, 0.3) is 0 Å². The first kappa shape index (κ1) is 13.2. The van der Waals surface area contributed by atoms with E-state index in [1.54, 1.807) is 0 Å². The molecule has 2 N–H and O–H groups in total. The number of hydrogen-bond acceptors (Lipinski definition) is 3. The smallest absolute Gasteiger partial charge is 0.143 e. The predicted octanol–water partition coefficient (Wildman–Crippen LogP) is 2.57. The van der Waals surface area contributed by atoms with E-state index in [-0.39, 0.29) is 5.60 Å². The van der Waals surface area contributed by atoms with Gasteiger partial charge in [0, 0.05) is 6.04 Å². The molecule has 1 aromatic rings. The van der Waals surface area contributed by atoms with Crippen LogP contribution in [-0.2, 0) is 6.42 Å². The van der Waals surface area contributed by atoms with E-state index in [1.807, 2.05) is 0 Å². The molecule has 100 valence electrons. The molecule has 2 rings (SSSR count). The minimum absolute atomic E-state index is 0.132. The van der Waals surface area contributed by atoms with Gasteiger partial charge in [-0.05, 0) is 58.4 Å². The van der Waals surface area contributed by atoms with Crippen molar-refractivity contribution in [1.29, 1.82) is 0 Å². The van der Waals surface area contributed by atoms with Crippen molar-refractivity contribution in [1.82, 2.24) is 0 Å². The molecule has 1 aromatic carbocycles. The second kappa shape index (κ2) is 4.81. The van der Waals surface area contributed by atoms with Crippen LogP contribution in [0.1, 0.15) is 33.3 Å². The molecule has 0 aliphatic carbocycles. The summed E-state index contributed by atoms with van der Waals surface area (Å²) in [7, 11) is 0. The molecule has 0 fully saturated rings. The molecule has 0 radical (unpaired) electrons. The summed E-state index contributed by atoms with van der Waals surface area (Å²) < 4.78 is 6.06. The van der Waals surface area contributed by atoms with Gasteiger partial charge in [0.15, 0.2) is 0 Å². The Bertz CT molecular complexity index is 427. The van der Waals surface area contributed by atoms with E-state index < -0.39 is 0 Å². The molecule has 0 unspecified atom stereocenters. The average molecular weight is 248 g/mol. The van der Waals surface area contributed by atoms with Crippen LogP contribution in [0.4, 0.5) is 5.69 Å². The van der Waals surface area contributed by atoms with Crippen LogP contribution in [0.15, 0.2) is 18.2 Å². The lowest BCUT2D eigenvalue weighted by Crippen LogP contribution is -2.49. The first-order valence-corrected chi connectivity index (χ1v) is 6.71. The van der Waals surface area contributed by atoms with Gasteiger partial charge in [0.05, 0.1) is 12.2 Å². The molecule has 0 bridgehead atoms. The van der Waals surface area contributed by atoms with Crippen molar-refractivity contribution in [2.24, 2.45) is 5.73 Å². The highest BCUT2D eigenvalue weighted by molar-refractivity contribution is 5.62. The molecule has 0 aromatic heterocycles. The van der Waals surface area contributed by atoms with Crippen molar-refractivity contribution in [3.63, 3.8) is 0 Å². The summed E-state index contributed by atoms with van der Waals surface area (Å²) in [5.74, 6) is 0.987. The van der Waals surface area contributed by atoms with Crippen LogP contribution in [0.3, 0.4) is 0 Å². The Balaban J connectivity index is 2.40. The van der Waals surface area contributed by atoms with Gasteiger partial charge in [-0.1, -0.05) is 6.07 Å². The zero-order valence-electron chi connectivity index (χ0n) is 11.9. The number of rotatable bonds is 3. The quantitative estimate of drug-likeness (QED) is 0.893. The Morgan fingerprint density at radius 3 is 2.72 bits per heavy atom. The first-order chi connectivity index (χ1) is 8.43. The molecule has 0 atom stereocenters. The molecule has 0 saturated carbocycles. The highest BCUT2D eigenvalue weighted by Gasteiger charge is 2.32. The third kappa shape index (κ3) is 2.61. The summed E-state index contributed by atoms with van der Waals surface area (Å²) in [5.41, 5.74) is 7.98. The number of benzene rings is 1. The molecular formula is C15H24N2O. The Hall–Kier alpha value is -1.22. The topological polar surface area (TPSA) is 38.5 Å². The maximum absolute atomic E-state index is 6.06. The van der Waals surface area contributed by atoms with E-state index in [0.717, 1.165) is 18.7 Å². The predicted molar refractivity (Wildman–Crippen MR) is 76.4 cm³/mol. The first-order valence-electron chi connectivity index (χ1n) is 6.71. The SMILES string of the molecule is CC(C)N1CC(C)(C)Oc2ccc(CCN)cc21. The summed E-state index contributed by atoms with van der Waals surface area (Å²) in [6.45, 7) is 10.3. The van der Waals surface area contributed by atoms with Gasteiger partial charge in [0.2, 0.25) is 0 Å². The number of ether oxygens (including phenoxy) is 1. The lowest BCUT2D eigenvalue weighted by atomic mass is 10.0. The molecule has 0 spiro atoms. The summed E-state index contributed by atoms with van der Waals surface area (Å²) in [6.07, 6.45) is 0.919. The molecule has 0 amide bonds. The van der Waals surface area contributed by atoms with Crippen LogP contribution >= 0.6 is 0 Å². The van der Waals surface area contributed by atoms with Gasteiger partial charge in [-0.25, -0.2) is 0 Å². The van der Waals surface area contributed by atoms with Crippen molar-refractivity contribution in [3.8, 4) is 5.75 Å². The van der Waals surface area contributed by atoms with Gasteiger partial charge in [-0.2, -0.15) is 0 Å². The number of nitrogens with zero attached hydrogens (tertiary/aromatic N) is 1. The average Bonchev–Trinajstić information content (AvgIpc) is 2.28. The van der Waals surface area contributed by atoms with E-state index in [2.05, 4.69) is 50.8 Å². The maximum Gasteiger partial charge on any atom is 0.143 e. The Kier molecular flexibility index (Phi) is 3.53. The molecule has 0 saturated heterocycles. The van der Waals surface area contributed by atoms with E-state index in [1.165, 1.54) is 11.3 Å². The van der Waals surface area contributed by atoms with Crippen molar-refractivity contribution in [2.45, 2.75) is 45.8 Å². The minimum atomic E-state index is -0.132. The largest absolute Gasteiger partial charge is 0.484 e. The van der Waals surface area contributed by atoms with Crippen molar-refractivity contribution >= 4 is 5.69 Å². The van der Waals surface area contributed by atoms with Gasteiger partial charge in [-0.15, -0.1) is 0 Å². The summed E-state index contributed by atoms with van der Waals surface area (Å²) in [4.78, 5) is 2.42. The van der Waals surface area contributed by atoms with E-state index in [9.17, 15) is 0 Å². The summed E-state index contributed by atoms with van der Waals surface area (Å²) in [5, 5.41) is 0. The molecule has 3 heteroatoms. The molecule has 18 heavy (non-hydrogen) atoms.